The summed E-state index contributed by atoms with van der Waals surface area (Å²) in [6.07, 6.45) is 0.141. The molecule has 0 aromatic heterocycles. The number of hydrogen-bond donors (Lipinski definition) is 1. The van der Waals surface area contributed by atoms with Crippen LogP contribution in [0.3, 0.4) is 0 Å². The first-order valence-corrected chi connectivity index (χ1v) is 7.30. The molecular weight excluding hydrogens is 302 g/mol. The Labute approximate surface area is 135 Å². The minimum atomic E-state index is -0.955. The van der Waals surface area contributed by atoms with Crippen LogP contribution in [0.15, 0.2) is 18.2 Å². The lowest BCUT2D eigenvalue weighted by Crippen LogP contribution is -2.31. The number of carbonyl (C=O) groups is 2. The van der Waals surface area contributed by atoms with Crippen molar-refractivity contribution in [3.05, 3.63) is 23.8 Å². The van der Waals surface area contributed by atoms with Gasteiger partial charge in [0.1, 0.15) is 11.5 Å². The molecule has 0 radical (unpaired) electrons. The Morgan fingerprint density at radius 2 is 1.74 bits per heavy atom. The summed E-state index contributed by atoms with van der Waals surface area (Å²) in [5, 5.41) is 9.02. The maximum absolute atomic E-state index is 11.5. The Hall–Kier alpha value is -2.28. The number of methoxy groups -OCH3 is 2. The summed E-state index contributed by atoms with van der Waals surface area (Å²) in [5.74, 6) is -0.0464. The highest BCUT2D eigenvalue weighted by Crippen LogP contribution is 2.23. The van der Waals surface area contributed by atoms with E-state index in [9.17, 15) is 9.59 Å². The Balaban J connectivity index is 2.79. The highest BCUT2D eigenvalue weighted by molar-refractivity contribution is 5.70. The number of carboxylic acid groups (broad SMARTS) is 1. The predicted octanol–water partition coefficient (Wildman–Crippen LogP) is 1.54. The monoisotopic (exact) mass is 325 g/mol. The van der Waals surface area contributed by atoms with Crippen molar-refractivity contribution in [2.45, 2.75) is 19.9 Å². The van der Waals surface area contributed by atoms with Gasteiger partial charge < -0.3 is 19.3 Å². The second-order valence-electron chi connectivity index (χ2n) is 4.88. The zero-order valence-electron chi connectivity index (χ0n) is 13.7. The number of hydrogen-bond acceptors (Lipinski definition) is 6. The largest absolute Gasteiger partial charge is 0.497 e. The molecule has 0 aliphatic rings. The van der Waals surface area contributed by atoms with Gasteiger partial charge in [0.15, 0.2) is 0 Å². The first kappa shape index (κ1) is 18.8. The molecule has 0 unspecified atom stereocenters. The molecule has 0 aliphatic heterocycles. The molecule has 1 N–H and O–H groups in total. The Kier molecular flexibility index (Phi) is 7.90. The number of aliphatic carboxylic acids is 1. The van der Waals surface area contributed by atoms with Crippen molar-refractivity contribution < 1.29 is 28.9 Å². The number of benzene rings is 1. The van der Waals surface area contributed by atoms with Gasteiger partial charge in [0.25, 0.3) is 0 Å². The van der Waals surface area contributed by atoms with E-state index < -0.39 is 5.97 Å². The molecule has 7 heteroatoms. The topological polar surface area (TPSA) is 85.3 Å². The van der Waals surface area contributed by atoms with Crippen LogP contribution in [0, 0.1) is 0 Å². The lowest BCUT2D eigenvalue weighted by Gasteiger charge is -2.20. The third-order valence-corrected chi connectivity index (χ3v) is 3.11. The first-order valence-electron chi connectivity index (χ1n) is 7.30. The van der Waals surface area contributed by atoms with E-state index >= 15 is 0 Å². The Bertz CT molecular complexity index is 509. The van der Waals surface area contributed by atoms with Gasteiger partial charge in [0, 0.05) is 19.2 Å². The van der Waals surface area contributed by atoms with Gasteiger partial charge in [-0.05, 0) is 24.6 Å². The molecule has 128 valence electrons. The highest BCUT2D eigenvalue weighted by atomic mass is 16.5. The van der Waals surface area contributed by atoms with Gasteiger partial charge in [-0.1, -0.05) is 0 Å². The molecule has 1 aromatic rings. The van der Waals surface area contributed by atoms with E-state index in [1.54, 1.807) is 32.1 Å². The lowest BCUT2D eigenvalue weighted by molar-refractivity contribution is -0.145. The SMILES string of the molecule is CCOC(=O)CCN(CC(=O)O)Cc1cc(OC)cc(OC)c1. The average Bonchev–Trinajstić information content (AvgIpc) is 2.52. The van der Waals surface area contributed by atoms with Crippen molar-refractivity contribution in [3.63, 3.8) is 0 Å². The molecule has 1 rings (SSSR count). The molecular formula is C16H23NO6. The van der Waals surface area contributed by atoms with Gasteiger partial charge in [0.05, 0.1) is 33.8 Å². The molecule has 1 aromatic carbocycles. The van der Waals surface area contributed by atoms with Crippen LogP contribution in [0.5, 0.6) is 11.5 Å². The summed E-state index contributed by atoms with van der Waals surface area (Å²) in [4.78, 5) is 24.1. The first-order chi connectivity index (χ1) is 11.0. The second-order valence-corrected chi connectivity index (χ2v) is 4.88. The zero-order chi connectivity index (χ0) is 17.2. The minimum Gasteiger partial charge on any atom is -0.497 e. The summed E-state index contributed by atoms with van der Waals surface area (Å²) in [7, 11) is 3.10. The van der Waals surface area contributed by atoms with Crippen LogP contribution >= 0.6 is 0 Å². The summed E-state index contributed by atoms with van der Waals surface area (Å²) in [5.41, 5.74) is 0.839. The van der Waals surface area contributed by atoms with Gasteiger partial charge >= 0.3 is 11.9 Å². The smallest absolute Gasteiger partial charge is 0.317 e. The molecule has 7 nitrogen and oxygen atoms in total. The molecule has 0 atom stereocenters. The van der Waals surface area contributed by atoms with Crippen LogP contribution in [0.1, 0.15) is 18.9 Å². The average molecular weight is 325 g/mol. The lowest BCUT2D eigenvalue weighted by atomic mass is 10.1. The van der Waals surface area contributed by atoms with Crippen molar-refractivity contribution in [1.29, 1.82) is 0 Å². The molecule has 23 heavy (non-hydrogen) atoms. The number of esters is 1. The summed E-state index contributed by atoms with van der Waals surface area (Å²) in [6, 6.07) is 5.35. The number of rotatable bonds is 10. The van der Waals surface area contributed by atoms with E-state index in [0.717, 1.165) is 5.56 Å². The highest BCUT2D eigenvalue weighted by Gasteiger charge is 2.14. The molecule has 0 aliphatic carbocycles. The third kappa shape index (κ3) is 7.01. The van der Waals surface area contributed by atoms with E-state index in [-0.39, 0.29) is 18.9 Å². The Morgan fingerprint density at radius 1 is 1.13 bits per heavy atom. The minimum absolute atomic E-state index is 0.141. The number of nitrogens with zero attached hydrogens (tertiary/aromatic N) is 1. The molecule has 0 bridgehead atoms. The van der Waals surface area contributed by atoms with Crippen LogP contribution in [0.2, 0.25) is 0 Å². The van der Waals surface area contributed by atoms with Crippen molar-refractivity contribution in [1.82, 2.24) is 4.90 Å². The van der Waals surface area contributed by atoms with E-state index in [0.29, 0.717) is 31.2 Å². The fourth-order valence-electron chi connectivity index (χ4n) is 2.10. The number of carboxylic acids is 1. The van der Waals surface area contributed by atoms with Crippen LogP contribution in [0.25, 0.3) is 0 Å². The van der Waals surface area contributed by atoms with Crippen LogP contribution in [0.4, 0.5) is 0 Å². The molecule has 0 amide bonds. The van der Waals surface area contributed by atoms with Crippen LogP contribution in [-0.2, 0) is 20.9 Å². The number of ether oxygens (including phenoxy) is 3. The predicted molar refractivity (Wildman–Crippen MR) is 83.7 cm³/mol. The van der Waals surface area contributed by atoms with Gasteiger partial charge in [-0.15, -0.1) is 0 Å². The van der Waals surface area contributed by atoms with Crippen LogP contribution in [-0.4, -0.2) is 55.9 Å². The summed E-state index contributed by atoms with van der Waals surface area (Å²) < 4.78 is 15.3. The number of carbonyl (C=O) groups excluding carboxylic acids is 1. The van der Waals surface area contributed by atoms with Gasteiger partial charge in [-0.2, -0.15) is 0 Å². The molecule has 0 spiro atoms. The van der Waals surface area contributed by atoms with Gasteiger partial charge in [0.2, 0.25) is 0 Å². The molecule has 0 saturated carbocycles. The van der Waals surface area contributed by atoms with Crippen molar-refractivity contribution in [3.8, 4) is 11.5 Å². The van der Waals surface area contributed by atoms with Crippen molar-refractivity contribution in [2.24, 2.45) is 0 Å². The standard InChI is InChI=1S/C16H23NO6/c1-4-23-16(20)5-6-17(11-15(18)19)10-12-7-13(21-2)9-14(8-12)22-3/h7-9H,4-6,10-11H2,1-3H3,(H,18,19). The Morgan fingerprint density at radius 3 is 2.22 bits per heavy atom. The van der Waals surface area contributed by atoms with Crippen molar-refractivity contribution in [2.75, 3.05) is 33.9 Å². The van der Waals surface area contributed by atoms with Crippen molar-refractivity contribution >= 4 is 11.9 Å². The molecule has 0 fully saturated rings. The third-order valence-electron chi connectivity index (χ3n) is 3.11. The summed E-state index contributed by atoms with van der Waals surface area (Å²) in [6.45, 7) is 2.53. The summed E-state index contributed by atoms with van der Waals surface area (Å²) >= 11 is 0. The maximum Gasteiger partial charge on any atom is 0.317 e. The van der Waals surface area contributed by atoms with Crippen LogP contribution < -0.4 is 9.47 Å². The van der Waals surface area contributed by atoms with E-state index in [4.69, 9.17) is 19.3 Å². The van der Waals surface area contributed by atoms with E-state index in [1.165, 1.54) is 0 Å². The van der Waals surface area contributed by atoms with E-state index in [2.05, 4.69) is 0 Å². The van der Waals surface area contributed by atoms with Gasteiger partial charge in [-0.25, -0.2) is 0 Å². The second kappa shape index (κ2) is 9.68. The molecule has 0 saturated heterocycles. The quantitative estimate of drug-likeness (QED) is 0.653. The van der Waals surface area contributed by atoms with Gasteiger partial charge in [-0.3, -0.25) is 14.5 Å². The van der Waals surface area contributed by atoms with E-state index in [1.807, 2.05) is 12.1 Å². The fraction of sp³-hybridized carbons (Fsp3) is 0.500. The molecule has 0 heterocycles. The zero-order valence-corrected chi connectivity index (χ0v) is 13.7. The normalized spacial score (nSPS) is 10.4. The maximum atomic E-state index is 11.5. The fourth-order valence-corrected chi connectivity index (χ4v) is 2.10.